The molecule has 130 valence electrons. The largest absolute Gasteiger partial charge is 0.496 e. The van der Waals surface area contributed by atoms with Gasteiger partial charge >= 0.3 is 6.03 Å². The number of hydrogen-bond donors (Lipinski definition) is 4. The summed E-state index contributed by atoms with van der Waals surface area (Å²) in [5.74, 6) is 0.832. The number of hydrogen-bond acceptors (Lipinski definition) is 3. The first kappa shape index (κ1) is 16.6. The fourth-order valence-electron chi connectivity index (χ4n) is 3.40. The number of urea groups is 1. The molecule has 0 radical (unpaired) electrons. The summed E-state index contributed by atoms with van der Waals surface area (Å²) in [4.78, 5) is 15.2. The maximum absolute atomic E-state index is 12.0. The number of H-pyrrole nitrogens is 1. The first-order valence-electron chi connectivity index (χ1n) is 8.54. The smallest absolute Gasteiger partial charge is 0.315 e. The third-order valence-electron chi connectivity index (χ3n) is 4.70. The number of benzene rings is 1. The molecule has 2 aromatic rings. The van der Waals surface area contributed by atoms with Crippen molar-refractivity contribution in [2.45, 2.75) is 44.2 Å². The molecule has 0 spiro atoms. The lowest BCUT2D eigenvalue weighted by molar-refractivity contribution is 0.0943. The molecule has 2 atom stereocenters. The van der Waals surface area contributed by atoms with E-state index in [1.807, 2.05) is 24.4 Å². The molecule has 1 fully saturated rings. The van der Waals surface area contributed by atoms with E-state index in [2.05, 4.69) is 15.6 Å². The number of carbonyl (C=O) groups is 1. The first-order chi connectivity index (χ1) is 11.7. The molecule has 1 saturated carbocycles. The van der Waals surface area contributed by atoms with Crippen LogP contribution in [-0.4, -0.2) is 41.9 Å². The average molecular weight is 331 g/mol. The molecule has 2 amide bonds. The van der Waals surface area contributed by atoms with E-state index in [1.54, 1.807) is 7.11 Å². The van der Waals surface area contributed by atoms with Crippen LogP contribution >= 0.6 is 0 Å². The molecule has 1 aliphatic rings. The summed E-state index contributed by atoms with van der Waals surface area (Å²) in [5, 5.41) is 16.7. The van der Waals surface area contributed by atoms with Crippen LogP contribution in [0.4, 0.5) is 4.79 Å². The number of carbonyl (C=O) groups excluding carboxylic acids is 1. The standard InChI is InChI=1S/C18H25N3O3/c1-24-16-8-4-6-14-17(16)12(11-20-14)9-10-19-18(23)21-13-5-2-3-7-15(13)22/h4,6,8,11,13,15,20,22H,2-3,5,7,9-10H2,1H3,(H2,19,21,23). The van der Waals surface area contributed by atoms with Crippen molar-refractivity contribution < 1.29 is 14.6 Å². The van der Waals surface area contributed by atoms with Gasteiger partial charge in [-0.3, -0.25) is 0 Å². The van der Waals surface area contributed by atoms with Crippen molar-refractivity contribution in [2.75, 3.05) is 13.7 Å². The minimum Gasteiger partial charge on any atom is -0.496 e. The Morgan fingerprint density at radius 1 is 1.38 bits per heavy atom. The van der Waals surface area contributed by atoms with Gasteiger partial charge in [-0.25, -0.2) is 4.79 Å². The maximum atomic E-state index is 12.0. The molecule has 1 aliphatic carbocycles. The van der Waals surface area contributed by atoms with Crippen LogP contribution in [0.2, 0.25) is 0 Å². The van der Waals surface area contributed by atoms with E-state index >= 15 is 0 Å². The molecule has 1 heterocycles. The quantitative estimate of drug-likeness (QED) is 0.678. The fraction of sp³-hybridized carbons (Fsp3) is 0.500. The van der Waals surface area contributed by atoms with Gasteiger partial charge in [0.25, 0.3) is 0 Å². The highest BCUT2D eigenvalue weighted by Gasteiger charge is 2.24. The van der Waals surface area contributed by atoms with Gasteiger partial charge in [0.05, 0.1) is 19.3 Å². The van der Waals surface area contributed by atoms with E-state index in [4.69, 9.17) is 4.74 Å². The SMILES string of the molecule is COc1cccc2[nH]cc(CCNC(=O)NC3CCCCC3O)c12. The van der Waals surface area contributed by atoms with Crippen molar-refractivity contribution in [3.8, 4) is 5.75 Å². The molecule has 3 rings (SSSR count). The van der Waals surface area contributed by atoms with Gasteiger partial charge in [-0.2, -0.15) is 0 Å². The van der Waals surface area contributed by atoms with Crippen LogP contribution in [0.25, 0.3) is 10.9 Å². The lowest BCUT2D eigenvalue weighted by atomic mass is 9.93. The van der Waals surface area contributed by atoms with Crippen molar-refractivity contribution in [2.24, 2.45) is 0 Å². The number of ether oxygens (including phenoxy) is 1. The summed E-state index contributed by atoms with van der Waals surface area (Å²) in [6, 6.07) is 5.54. The van der Waals surface area contributed by atoms with Gasteiger partial charge in [0, 0.05) is 23.6 Å². The fourth-order valence-corrected chi connectivity index (χ4v) is 3.40. The number of aliphatic hydroxyl groups is 1. The normalized spacial score (nSPS) is 20.8. The van der Waals surface area contributed by atoms with Gasteiger partial charge in [0.15, 0.2) is 0 Å². The third kappa shape index (κ3) is 3.64. The molecular formula is C18H25N3O3. The van der Waals surface area contributed by atoms with E-state index in [0.29, 0.717) is 13.0 Å². The summed E-state index contributed by atoms with van der Waals surface area (Å²) in [6.07, 6.45) is 5.93. The van der Waals surface area contributed by atoms with Crippen LogP contribution < -0.4 is 15.4 Å². The molecule has 0 bridgehead atoms. The number of rotatable bonds is 5. The van der Waals surface area contributed by atoms with E-state index in [-0.39, 0.29) is 12.1 Å². The molecule has 6 heteroatoms. The van der Waals surface area contributed by atoms with Crippen LogP contribution in [0.3, 0.4) is 0 Å². The number of amides is 2. The Morgan fingerprint density at radius 3 is 3.00 bits per heavy atom. The van der Waals surface area contributed by atoms with Gasteiger partial charge < -0.3 is 25.5 Å². The second-order valence-electron chi connectivity index (χ2n) is 6.31. The molecule has 0 saturated heterocycles. The lowest BCUT2D eigenvalue weighted by Crippen LogP contribution is -2.49. The Balaban J connectivity index is 1.54. The monoisotopic (exact) mass is 331 g/mol. The minimum absolute atomic E-state index is 0.132. The van der Waals surface area contributed by atoms with Crippen LogP contribution in [0.5, 0.6) is 5.75 Å². The molecule has 1 aromatic heterocycles. The Bertz CT molecular complexity index is 698. The zero-order valence-electron chi connectivity index (χ0n) is 14.0. The van der Waals surface area contributed by atoms with Gasteiger partial charge in [-0.1, -0.05) is 18.9 Å². The number of aliphatic hydroxyl groups excluding tert-OH is 1. The number of aromatic nitrogens is 1. The summed E-state index contributed by atoms with van der Waals surface area (Å²) in [5.41, 5.74) is 2.14. The van der Waals surface area contributed by atoms with Crippen molar-refractivity contribution in [1.29, 1.82) is 0 Å². The molecule has 6 nitrogen and oxygen atoms in total. The van der Waals surface area contributed by atoms with Crippen LogP contribution in [0.1, 0.15) is 31.2 Å². The number of nitrogens with one attached hydrogen (secondary N) is 3. The maximum Gasteiger partial charge on any atom is 0.315 e. The molecule has 2 unspecified atom stereocenters. The predicted molar refractivity (Wildman–Crippen MR) is 93.4 cm³/mol. The topological polar surface area (TPSA) is 86.4 Å². The summed E-state index contributed by atoms with van der Waals surface area (Å²) < 4.78 is 5.42. The van der Waals surface area contributed by atoms with E-state index in [9.17, 15) is 9.90 Å². The third-order valence-corrected chi connectivity index (χ3v) is 4.70. The van der Waals surface area contributed by atoms with Crippen molar-refractivity contribution in [3.05, 3.63) is 30.0 Å². The van der Waals surface area contributed by atoms with Crippen LogP contribution in [0, 0.1) is 0 Å². The first-order valence-corrected chi connectivity index (χ1v) is 8.54. The molecular weight excluding hydrogens is 306 g/mol. The number of aromatic amines is 1. The summed E-state index contributed by atoms with van der Waals surface area (Å²) >= 11 is 0. The second-order valence-corrected chi connectivity index (χ2v) is 6.31. The van der Waals surface area contributed by atoms with Crippen molar-refractivity contribution >= 4 is 16.9 Å². The van der Waals surface area contributed by atoms with Gasteiger partial charge in [-0.15, -0.1) is 0 Å². The van der Waals surface area contributed by atoms with Crippen LogP contribution in [-0.2, 0) is 6.42 Å². The highest BCUT2D eigenvalue weighted by atomic mass is 16.5. The van der Waals surface area contributed by atoms with Crippen LogP contribution in [0.15, 0.2) is 24.4 Å². The van der Waals surface area contributed by atoms with Crippen molar-refractivity contribution in [1.82, 2.24) is 15.6 Å². The average Bonchev–Trinajstić information content (AvgIpc) is 3.00. The minimum atomic E-state index is -0.428. The lowest BCUT2D eigenvalue weighted by Gasteiger charge is -2.28. The summed E-state index contributed by atoms with van der Waals surface area (Å²) in [7, 11) is 1.66. The van der Waals surface area contributed by atoms with E-state index in [1.165, 1.54) is 0 Å². The highest BCUT2D eigenvalue weighted by Crippen LogP contribution is 2.28. The Morgan fingerprint density at radius 2 is 2.21 bits per heavy atom. The Hall–Kier alpha value is -2.21. The van der Waals surface area contributed by atoms with Gasteiger partial charge in [-0.05, 0) is 37.0 Å². The molecule has 1 aromatic carbocycles. The zero-order valence-corrected chi connectivity index (χ0v) is 14.0. The van der Waals surface area contributed by atoms with Gasteiger partial charge in [0.2, 0.25) is 0 Å². The predicted octanol–water partition coefficient (Wildman–Crippen LogP) is 2.32. The van der Waals surface area contributed by atoms with E-state index in [0.717, 1.165) is 47.9 Å². The van der Waals surface area contributed by atoms with Gasteiger partial charge in [0.1, 0.15) is 5.75 Å². The van der Waals surface area contributed by atoms with Crippen molar-refractivity contribution in [3.63, 3.8) is 0 Å². The zero-order chi connectivity index (χ0) is 16.9. The number of methoxy groups -OCH3 is 1. The molecule has 4 N–H and O–H groups in total. The Kier molecular flexibility index (Phi) is 5.25. The number of fused-ring (bicyclic) bond motifs is 1. The molecule has 24 heavy (non-hydrogen) atoms. The highest BCUT2D eigenvalue weighted by molar-refractivity contribution is 5.89. The van der Waals surface area contributed by atoms with E-state index < -0.39 is 6.10 Å². The molecule has 0 aliphatic heterocycles. The summed E-state index contributed by atoms with van der Waals surface area (Å²) in [6.45, 7) is 0.527. The second kappa shape index (κ2) is 7.57. The Labute approximate surface area is 141 Å².